The van der Waals surface area contributed by atoms with Crippen molar-refractivity contribution in [3.8, 4) is 11.4 Å². The first-order chi connectivity index (χ1) is 16.5. The minimum atomic E-state index is -0.110. The molecule has 0 radical (unpaired) electrons. The summed E-state index contributed by atoms with van der Waals surface area (Å²) in [6.45, 7) is 4.05. The number of ether oxygens (including phenoxy) is 1. The van der Waals surface area contributed by atoms with Gasteiger partial charge in [0.15, 0.2) is 5.11 Å². The number of nitrogens with one attached hydrogen (secondary N) is 1. The summed E-state index contributed by atoms with van der Waals surface area (Å²) in [5.74, 6) is 0.840. The predicted octanol–water partition coefficient (Wildman–Crippen LogP) is 6.60. The molecule has 2 aromatic heterocycles. The van der Waals surface area contributed by atoms with Gasteiger partial charge in [0.05, 0.1) is 17.8 Å². The van der Waals surface area contributed by atoms with Crippen molar-refractivity contribution < 1.29 is 4.74 Å². The van der Waals surface area contributed by atoms with Crippen LogP contribution < -0.4 is 15.0 Å². The van der Waals surface area contributed by atoms with Crippen LogP contribution in [0.2, 0.25) is 0 Å². The van der Waals surface area contributed by atoms with Crippen molar-refractivity contribution in [2.24, 2.45) is 0 Å². The lowest BCUT2D eigenvalue weighted by atomic mass is 10.0. The summed E-state index contributed by atoms with van der Waals surface area (Å²) < 4.78 is 9.09. The molecule has 0 saturated carbocycles. The number of pyridine rings is 1. The molecule has 5 rings (SSSR count). The van der Waals surface area contributed by atoms with Crippen LogP contribution in [0, 0.1) is 0 Å². The first-order valence-electron chi connectivity index (χ1n) is 11.2. The molecule has 0 amide bonds. The van der Waals surface area contributed by atoms with Gasteiger partial charge >= 0.3 is 0 Å². The van der Waals surface area contributed by atoms with Crippen molar-refractivity contribution in [1.82, 2.24) is 14.9 Å². The molecule has 1 aliphatic rings. The normalized spacial score (nSPS) is 17.8. The number of anilines is 1. The fraction of sp³-hybridized carbons (Fsp3) is 0.185. The van der Waals surface area contributed by atoms with Gasteiger partial charge < -0.3 is 19.5 Å². The summed E-state index contributed by atoms with van der Waals surface area (Å²) in [7, 11) is 0. The average molecular weight is 533 g/mol. The van der Waals surface area contributed by atoms with Gasteiger partial charge in [-0.25, -0.2) is 0 Å². The second kappa shape index (κ2) is 9.60. The standard InChI is InChI=1S/C27H25BrN4OS/c1-18(2)33-22-13-11-20(12-14-22)32-26(25(30-27(32)34)23-9-3-4-15-29-23)24-10-6-16-31(24)21-8-5-7-19(28)17-21/h3-18,25-26H,1-2H3,(H,30,34)/t25-,26-/m0/s1. The fourth-order valence-electron chi connectivity index (χ4n) is 4.39. The molecule has 1 N–H and O–H groups in total. The van der Waals surface area contributed by atoms with Crippen molar-refractivity contribution in [3.05, 3.63) is 107 Å². The van der Waals surface area contributed by atoms with E-state index in [9.17, 15) is 0 Å². The van der Waals surface area contributed by atoms with E-state index >= 15 is 0 Å². The van der Waals surface area contributed by atoms with Crippen molar-refractivity contribution in [1.29, 1.82) is 0 Å². The number of aromatic nitrogens is 2. The molecule has 4 aromatic rings. The highest BCUT2D eigenvalue weighted by atomic mass is 79.9. The fourth-order valence-corrected chi connectivity index (χ4v) is 5.12. The van der Waals surface area contributed by atoms with E-state index in [0.29, 0.717) is 5.11 Å². The van der Waals surface area contributed by atoms with Gasteiger partial charge in [0.1, 0.15) is 11.8 Å². The van der Waals surface area contributed by atoms with Crippen LogP contribution in [-0.4, -0.2) is 20.8 Å². The third-order valence-corrected chi connectivity index (χ3v) is 6.56. The highest BCUT2D eigenvalue weighted by Crippen LogP contribution is 2.42. The molecule has 0 aliphatic carbocycles. The molecule has 0 unspecified atom stereocenters. The van der Waals surface area contributed by atoms with Crippen LogP contribution in [0.25, 0.3) is 5.69 Å². The summed E-state index contributed by atoms with van der Waals surface area (Å²) in [6.07, 6.45) is 4.03. The Morgan fingerprint density at radius 2 is 1.79 bits per heavy atom. The summed E-state index contributed by atoms with van der Waals surface area (Å²) in [6, 6.07) is 26.4. The van der Waals surface area contributed by atoms with E-state index in [0.717, 1.165) is 33.0 Å². The maximum atomic E-state index is 5.87. The molecular weight excluding hydrogens is 508 g/mol. The molecule has 2 atom stereocenters. The lowest BCUT2D eigenvalue weighted by Crippen LogP contribution is -2.30. The molecule has 0 bridgehead atoms. The summed E-state index contributed by atoms with van der Waals surface area (Å²) in [5, 5.41) is 4.20. The third-order valence-electron chi connectivity index (χ3n) is 5.75. The first-order valence-corrected chi connectivity index (χ1v) is 12.4. The van der Waals surface area contributed by atoms with E-state index in [1.807, 2.05) is 62.5 Å². The van der Waals surface area contributed by atoms with Crippen LogP contribution in [0.4, 0.5) is 5.69 Å². The van der Waals surface area contributed by atoms with E-state index in [4.69, 9.17) is 17.0 Å². The number of hydrogen-bond donors (Lipinski definition) is 1. The number of rotatable bonds is 6. The molecule has 1 fully saturated rings. The predicted molar refractivity (Wildman–Crippen MR) is 144 cm³/mol. The Bertz CT molecular complexity index is 1290. The average Bonchev–Trinajstić information content (AvgIpc) is 3.44. The zero-order valence-corrected chi connectivity index (χ0v) is 21.3. The van der Waals surface area contributed by atoms with Crippen LogP contribution in [0.1, 0.15) is 37.3 Å². The minimum Gasteiger partial charge on any atom is -0.491 e. The zero-order chi connectivity index (χ0) is 23.7. The van der Waals surface area contributed by atoms with Crippen LogP contribution in [-0.2, 0) is 0 Å². The van der Waals surface area contributed by atoms with E-state index < -0.39 is 0 Å². The molecule has 5 nitrogen and oxygen atoms in total. The Kier molecular flexibility index (Phi) is 6.39. The molecule has 2 aromatic carbocycles. The lowest BCUT2D eigenvalue weighted by Gasteiger charge is -2.29. The Hall–Kier alpha value is -3.16. The summed E-state index contributed by atoms with van der Waals surface area (Å²) in [5.41, 5.74) is 4.13. The Labute approximate surface area is 213 Å². The highest BCUT2D eigenvalue weighted by Gasteiger charge is 2.42. The van der Waals surface area contributed by atoms with Gasteiger partial charge in [-0.05, 0) is 92.8 Å². The smallest absolute Gasteiger partial charge is 0.174 e. The Morgan fingerprint density at radius 1 is 0.971 bits per heavy atom. The van der Waals surface area contributed by atoms with Crippen molar-refractivity contribution in [3.63, 3.8) is 0 Å². The maximum Gasteiger partial charge on any atom is 0.174 e. The second-order valence-corrected chi connectivity index (χ2v) is 9.74. The summed E-state index contributed by atoms with van der Waals surface area (Å²) >= 11 is 9.48. The number of halogens is 1. The lowest BCUT2D eigenvalue weighted by molar-refractivity contribution is 0.242. The van der Waals surface area contributed by atoms with E-state index in [2.05, 4.69) is 78.3 Å². The van der Waals surface area contributed by atoms with Crippen LogP contribution in [0.3, 0.4) is 0 Å². The summed E-state index contributed by atoms with van der Waals surface area (Å²) in [4.78, 5) is 6.84. The highest BCUT2D eigenvalue weighted by molar-refractivity contribution is 9.10. The first kappa shape index (κ1) is 22.6. The van der Waals surface area contributed by atoms with Crippen LogP contribution in [0.5, 0.6) is 5.75 Å². The number of hydrogen-bond acceptors (Lipinski definition) is 3. The van der Waals surface area contributed by atoms with E-state index in [1.165, 1.54) is 0 Å². The topological polar surface area (TPSA) is 42.3 Å². The largest absolute Gasteiger partial charge is 0.491 e. The van der Waals surface area contributed by atoms with Gasteiger partial charge in [0, 0.05) is 33.9 Å². The molecule has 3 heterocycles. The van der Waals surface area contributed by atoms with Gasteiger partial charge in [0.25, 0.3) is 0 Å². The molecule has 1 saturated heterocycles. The van der Waals surface area contributed by atoms with Gasteiger partial charge in [-0.15, -0.1) is 0 Å². The minimum absolute atomic E-state index is 0.103. The molecule has 34 heavy (non-hydrogen) atoms. The second-order valence-electron chi connectivity index (χ2n) is 8.44. The van der Waals surface area contributed by atoms with Gasteiger partial charge in [-0.3, -0.25) is 4.98 Å². The third kappa shape index (κ3) is 4.45. The van der Waals surface area contributed by atoms with Crippen molar-refractivity contribution >= 4 is 38.9 Å². The van der Waals surface area contributed by atoms with E-state index in [1.54, 1.807) is 0 Å². The van der Waals surface area contributed by atoms with Crippen molar-refractivity contribution in [2.45, 2.75) is 32.0 Å². The van der Waals surface area contributed by atoms with Crippen molar-refractivity contribution in [2.75, 3.05) is 4.90 Å². The van der Waals surface area contributed by atoms with Crippen LogP contribution in [0.15, 0.2) is 95.7 Å². The monoisotopic (exact) mass is 532 g/mol. The molecule has 7 heteroatoms. The zero-order valence-electron chi connectivity index (χ0n) is 18.9. The van der Waals surface area contributed by atoms with E-state index in [-0.39, 0.29) is 18.2 Å². The van der Waals surface area contributed by atoms with Gasteiger partial charge in [-0.2, -0.15) is 0 Å². The SMILES string of the molecule is CC(C)Oc1ccc(N2C(=S)N[C@@H](c3ccccn3)[C@@H]2c2cccn2-c2cccc(Br)c2)cc1. The van der Waals surface area contributed by atoms with Gasteiger partial charge in [-0.1, -0.05) is 28.1 Å². The maximum absolute atomic E-state index is 5.87. The number of benzene rings is 2. The molecular formula is C27H25BrN4OS. The van der Waals surface area contributed by atoms with Crippen LogP contribution >= 0.6 is 28.1 Å². The molecule has 0 spiro atoms. The number of nitrogens with zero attached hydrogens (tertiary/aromatic N) is 3. The van der Waals surface area contributed by atoms with Gasteiger partial charge in [0.2, 0.25) is 0 Å². The molecule has 1 aliphatic heterocycles. The molecule has 172 valence electrons. The Balaban J connectivity index is 1.61. The Morgan fingerprint density at radius 3 is 2.50 bits per heavy atom. The quantitative estimate of drug-likeness (QED) is 0.283. The number of thiocarbonyl (C=S) groups is 1.